The van der Waals surface area contributed by atoms with E-state index in [-0.39, 0.29) is 11.9 Å². The fourth-order valence-corrected chi connectivity index (χ4v) is 4.95. The van der Waals surface area contributed by atoms with Crippen molar-refractivity contribution in [2.24, 2.45) is 0 Å². The van der Waals surface area contributed by atoms with Gasteiger partial charge in [0, 0.05) is 48.0 Å². The second kappa shape index (κ2) is 9.33. The number of hydrogen-bond acceptors (Lipinski definition) is 5. The van der Waals surface area contributed by atoms with Gasteiger partial charge in [0.15, 0.2) is 5.65 Å². The third kappa shape index (κ3) is 4.30. The molecule has 3 heterocycles. The summed E-state index contributed by atoms with van der Waals surface area (Å²) in [7, 11) is 1.68. The van der Waals surface area contributed by atoms with Crippen LogP contribution in [0.3, 0.4) is 0 Å². The molecule has 0 unspecified atom stereocenters. The van der Waals surface area contributed by atoms with Crippen LogP contribution in [-0.4, -0.2) is 46.7 Å². The molecular formula is C27H31N5O2. The second-order valence-electron chi connectivity index (χ2n) is 9.04. The maximum Gasteiger partial charge on any atom is 0.220 e. The standard InChI is InChI=1S/C27H31N5O2/c1-18-23(19(2)32-27(28-18)24-6-4-5-7-25(24)30-32)12-13-26(33)29-20-14-16-31(17-15-20)21-8-10-22(34-3)11-9-21/h4-11,20H,12-17H2,1-3H3,(H,29,33). The molecule has 0 radical (unpaired) electrons. The van der Waals surface area contributed by atoms with Crippen molar-refractivity contribution in [2.75, 3.05) is 25.1 Å². The van der Waals surface area contributed by atoms with Crippen molar-refractivity contribution in [1.82, 2.24) is 19.9 Å². The van der Waals surface area contributed by atoms with Crippen LogP contribution in [0.15, 0.2) is 48.5 Å². The summed E-state index contributed by atoms with van der Waals surface area (Å²) in [6.45, 7) is 5.96. The van der Waals surface area contributed by atoms with Crippen molar-refractivity contribution < 1.29 is 9.53 Å². The van der Waals surface area contributed by atoms with E-state index in [0.29, 0.717) is 12.8 Å². The number of hydrogen-bond donors (Lipinski definition) is 1. The van der Waals surface area contributed by atoms with Gasteiger partial charge in [-0.3, -0.25) is 4.79 Å². The molecule has 1 aliphatic rings. The number of rotatable bonds is 6. The van der Waals surface area contributed by atoms with Crippen molar-refractivity contribution in [3.63, 3.8) is 0 Å². The van der Waals surface area contributed by atoms with E-state index in [0.717, 1.165) is 65.2 Å². The molecule has 176 valence electrons. The van der Waals surface area contributed by atoms with Gasteiger partial charge in [0.2, 0.25) is 5.91 Å². The number of anilines is 1. The topological polar surface area (TPSA) is 71.8 Å². The highest BCUT2D eigenvalue weighted by atomic mass is 16.5. The van der Waals surface area contributed by atoms with E-state index in [1.54, 1.807) is 7.11 Å². The number of amides is 1. The summed E-state index contributed by atoms with van der Waals surface area (Å²) in [6, 6.07) is 16.5. The number of aromatic nitrogens is 3. The fourth-order valence-electron chi connectivity index (χ4n) is 4.95. The Balaban J connectivity index is 1.18. The molecule has 34 heavy (non-hydrogen) atoms. The highest BCUT2D eigenvalue weighted by Crippen LogP contribution is 2.24. The number of piperidine rings is 1. The van der Waals surface area contributed by atoms with E-state index in [1.807, 2.05) is 41.8 Å². The summed E-state index contributed by atoms with van der Waals surface area (Å²) in [5.74, 6) is 0.971. The van der Waals surface area contributed by atoms with Gasteiger partial charge in [-0.15, -0.1) is 0 Å². The monoisotopic (exact) mass is 457 g/mol. The number of ether oxygens (including phenoxy) is 1. The molecular weight excluding hydrogens is 426 g/mol. The van der Waals surface area contributed by atoms with Crippen molar-refractivity contribution in [3.05, 3.63) is 65.5 Å². The molecule has 1 amide bonds. The zero-order chi connectivity index (χ0) is 23.7. The molecule has 5 rings (SSSR count). The Hall–Kier alpha value is -3.61. The highest BCUT2D eigenvalue weighted by molar-refractivity contribution is 5.92. The van der Waals surface area contributed by atoms with Crippen LogP contribution in [-0.2, 0) is 11.2 Å². The minimum absolute atomic E-state index is 0.104. The summed E-state index contributed by atoms with van der Waals surface area (Å²) in [4.78, 5) is 19.9. The molecule has 4 aromatic rings. The van der Waals surface area contributed by atoms with Crippen molar-refractivity contribution in [2.45, 2.75) is 45.6 Å². The fraction of sp³-hybridized carbons (Fsp3) is 0.370. The Kier molecular flexibility index (Phi) is 6.09. The number of aryl methyl sites for hydroxylation is 2. The highest BCUT2D eigenvalue weighted by Gasteiger charge is 2.21. The molecule has 0 spiro atoms. The number of benzene rings is 2. The van der Waals surface area contributed by atoms with Crippen LogP contribution in [0.1, 0.15) is 36.2 Å². The van der Waals surface area contributed by atoms with Gasteiger partial charge in [-0.05, 0) is 75.1 Å². The lowest BCUT2D eigenvalue weighted by Gasteiger charge is -2.34. The van der Waals surface area contributed by atoms with Crippen LogP contribution in [0.5, 0.6) is 5.75 Å². The molecule has 7 nitrogen and oxygen atoms in total. The average Bonchev–Trinajstić information content (AvgIpc) is 3.23. The lowest BCUT2D eigenvalue weighted by molar-refractivity contribution is -0.121. The summed E-state index contributed by atoms with van der Waals surface area (Å²) in [5, 5.41) is 9.02. The lowest BCUT2D eigenvalue weighted by atomic mass is 10.0. The number of methoxy groups -OCH3 is 1. The first-order chi connectivity index (χ1) is 16.5. The van der Waals surface area contributed by atoms with Gasteiger partial charge in [0.25, 0.3) is 0 Å². The Morgan fingerprint density at radius 1 is 1.09 bits per heavy atom. The van der Waals surface area contributed by atoms with E-state index >= 15 is 0 Å². The average molecular weight is 458 g/mol. The van der Waals surface area contributed by atoms with E-state index in [4.69, 9.17) is 14.8 Å². The number of carbonyl (C=O) groups excluding carboxylic acids is 1. The lowest BCUT2D eigenvalue weighted by Crippen LogP contribution is -2.44. The molecule has 1 N–H and O–H groups in total. The van der Waals surface area contributed by atoms with Crippen LogP contribution in [0.2, 0.25) is 0 Å². The van der Waals surface area contributed by atoms with Crippen LogP contribution in [0.25, 0.3) is 16.6 Å². The Morgan fingerprint density at radius 3 is 2.56 bits per heavy atom. The Labute approximate surface area is 199 Å². The van der Waals surface area contributed by atoms with Crippen molar-refractivity contribution in [3.8, 4) is 5.75 Å². The zero-order valence-electron chi connectivity index (χ0n) is 20.0. The molecule has 0 bridgehead atoms. The molecule has 0 aliphatic carbocycles. The minimum Gasteiger partial charge on any atom is -0.497 e. The normalized spacial score (nSPS) is 14.6. The summed E-state index contributed by atoms with van der Waals surface area (Å²) < 4.78 is 7.16. The molecule has 0 atom stereocenters. The molecule has 2 aromatic carbocycles. The van der Waals surface area contributed by atoms with Crippen molar-refractivity contribution >= 4 is 28.1 Å². The van der Waals surface area contributed by atoms with Crippen LogP contribution in [0.4, 0.5) is 5.69 Å². The second-order valence-corrected chi connectivity index (χ2v) is 9.04. The molecule has 2 aromatic heterocycles. The van der Waals surface area contributed by atoms with E-state index < -0.39 is 0 Å². The van der Waals surface area contributed by atoms with Gasteiger partial charge in [-0.25, -0.2) is 9.50 Å². The third-order valence-corrected chi connectivity index (χ3v) is 6.92. The molecule has 0 saturated carbocycles. The van der Waals surface area contributed by atoms with Gasteiger partial charge in [0.05, 0.1) is 12.6 Å². The smallest absolute Gasteiger partial charge is 0.220 e. The van der Waals surface area contributed by atoms with Crippen LogP contribution >= 0.6 is 0 Å². The van der Waals surface area contributed by atoms with Gasteiger partial charge >= 0.3 is 0 Å². The van der Waals surface area contributed by atoms with E-state index in [9.17, 15) is 4.79 Å². The third-order valence-electron chi connectivity index (χ3n) is 6.92. The van der Waals surface area contributed by atoms with E-state index in [1.165, 1.54) is 5.69 Å². The number of fused-ring (bicyclic) bond motifs is 3. The molecule has 1 aliphatic heterocycles. The summed E-state index contributed by atoms with van der Waals surface area (Å²) in [5.41, 5.74) is 6.14. The maximum absolute atomic E-state index is 12.8. The van der Waals surface area contributed by atoms with E-state index in [2.05, 4.69) is 35.3 Å². The first kappa shape index (κ1) is 22.2. The molecule has 7 heteroatoms. The Morgan fingerprint density at radius 2 is 1.82 bits per heavy atom. The Bertz CT molecular complexity index is 1320. The largest absolute Gasteiger partial charge is 0.497 e. The molecule has 1 saturated heterocycles. The van der Waals surface area contributed by atoms with Crippen molar-refractivity contribution in [1.29, 1.82) is 0 Å². The first-order valence-electron chi connectivity index (χ1n) is 12.0. The SMILES string of the molecule is COc1ccc(N2CCC(NC(=O)CCc3c(C)nc4c5ccccc5nn4c3C)CC2)cc1. The van der Waals surface area contributed by atoms with Gasteiger partial charge in [-0.2, -0.15) is 5.10 Å². The van der Waals surface area contributed by atoms with Gasteiger partial charge in [-0.1, -0.05) is 12.1 Å². The van der Waals surface area contributed by atoms with Crippen LogP contribution < -0.4 is 15.0 Å². The number of nitrogens with zero attached hydrogens (tertiary/aromatic N) is 4. The maximum atomic E-state index is 12.8. The molecule has 1 fully saturated rings. The predicted molar refractivity (Wildman–Crippen MR) is 135 cm³/mol. The number of nitrogens with one attached hydrogen (secondary N) is 1. The van der Waals surface area contributed by atoms with Crippen LogP contribution in [0, 0.1) is 13.8 Å². The van der Waals surface area contributed by atoms with Gasteiger partial charge < -0.3 is 15.0 Å². The minimum atomic E-state index is 0.104. The van der Waals surface area contributed by atoms with Gasteiger partial charge in [0.1, 0.15) is 5.75 Å². The number of carbonyl (C=O) groups is 1. The first-order valence-corrected chi connectivity index (χ1v) is 12.0. The zero-order valence-corrected chi connectivity index (χ0v) is 20.0. The summed E-state index contributed by atoms with van der Waals surface area (Å²) >= 11 is 0. The predicted octanol–water partition coefficient (Wildman–Crippen LogP) is 4.23. The summed E-state index contributed by atoms with van der Waals surface area (Å²) in [6.07, 6.45) is 3.01. The quantitative estimate of drug-likeness (QED) is 0.469.